The lowest BCUT2D eigenvalue weighted by Crippen LogP contribution is -2.36. The van der Waals surface area contributed by atoms with E-state index in [4.69, 9.17) is 0 Å². The van der Waals surface area contributed by atoms with Crippen molar-refractivity contribution < 1.29 is 4.79 Å². The number of carbonyl (C=O) groups is 1. The maximum atomic E-state index is 12.2. The van der Waals surface area contributed by atoms with Crippen LogP contribution < -0.4 is 10.9 Å². The van der Waals surface area contributed by atoms with Crippen LogP contribution in [0.3, 0.4) is 0 Å². The molecule has 0 aromatic carbocycles. The molecule has 0 aliphatic carbocycles. The second-order valence-electron chi connectivity index (χ2n) is 4.91. The number of aryl methyl sites for hydroxylation is 1. The molecule has 108 valence electrons. The Bertz CT molecular complexity index is 675. The van der Waals surface area contributed by atoms with Crippen LogP contribution in [0.2, 0.25) is 0 Å². The number of thiophene rings is 1. The number of amides is 1. The second-order valence-corrected chi connectivity index (χ2v) is 6.14. The minimum atomic E-state index is -0.179. The molecule has 0 saturated carbocycles. The summed E-state index contributed by atoms with van der Waals surface area (Å²) in [5.41, 5.74) is -0.165. The first kappa shape index (κ1) is 14.7. The number of nitrogens with zero attached hydrogens (tertiary/aromatic N) is 3. The van der Waals surface area contributed by atoms with E-state index in [0.29, 0.717) is 11.9 Å². The van der Waals surface area contributed by atoms with E-state index in [1.54, 1.807) is 0 Å². The standard InChI is InChI=1S/C13H18N4O2S/c1-9-6-10-12(20-9)15-8-17(13(10)19)7-11(18)14-4-5-16(2)3/h6,8H,4-5,7H2,1-3H3,(H,14,18). The fourth-order valence-corrected chi connectivity index (χ4v) is 2.66. The van der Waals surface area contributed by atoms with Gasteiger partial charge in [0.15, 0.2) is 0 Å². The summed E-state index contributed by atoms with van der Waals surface area (Å²) in [7, 11) is 3.88. The fraction of sp³-hybridized carbons (Fsp3) is 0.462. The van der Waals surface area contributed by atoms with Gasteiger partial charge in [-0.15, -0.1) is 11.3 Å². The molecule has 0 aliphatic rings. The van der Waals surface area contributed by atoms with Crippen molar-refractivity contribution in [1.82, 2.24) is 19.8 Å². The van der Waals surface area contributed by atoms with Gasteiger partial charge in [0.25, 0.3) is 5.56 Å². The molecule has 0 saturated heterocycles. The second kappa shape index (κ2) is 6.15. The Hall–Kier alpha value is -1.73. The Kier molecular flexibility index (Phi) is 4.51. The molecule has 2 aromatic heterocycles. The monoisotopic (exact) mass is 294 g/mol. The number of carbonyl (C=O) groups excluding carboxylic acids is 1. The number of nitrogens with one attached hydrogen (secondary N) is 1. The molecule has 7 heteroatoms. The van der Waals surface area contributed by atoms with Crippen molar-refractivity contribution >= 4 is 27.5 Å². The zero-order chi connectivity index (χ0) is 14.7. The lowest BCUT2D eigenvalue weighted by molar-refractivity contribution is -0.121. The molecule has 1 N–H and O–H groups in total. The van der Waals surface area contributed by atoms with E-state index in [0.717, 1.165) is 16.3 Å². The smallest absolute Gasteiger partial charge is 0.262 e. The first-order valence-corrected chi connectivity index (χ1v) is 7.16. The van der Waals surface area contributed by atoms with Gasteiger partial charge in [-0.05, 0) is 27.1 Å². The van der Waals surface area contributed by atoms with Crippen LogP contribution in [0.4, 0.5) is 0 Å². The third-order valence-electron chi connectivity index (χ3n) is 2.84. The summed E-state index contributed by atoms with van der Waals surface area (Å²) in [6.45, 7) is 3.27. The summed E-state index contributed by atoms with van der Waals surface area (Å²) in [6.07, 6.45) is 1.44. The van der Waals surface area contributed by atoms with E-state index < -0.39 is 0 Å². The van der Waals surface area contributed by atoms with Gasteiger partial charge in [0, 0.05) is 18.0 Å². The van der Waals surface area contributed by atoms with Crippen LogP contribution in [0.1, 0.15) is 4.88 Å². The van der Waals surface area contributed by atoms with Crippen molar-refractivity contribution in [1.29, 1.82) is 0 Å². The molecule has 1 amide bonds. The molecule has 0 aliphatic heterocycles. The lowest BCUT2D eigenvalue weighted by Gasteiger charge is -2.10. The van der Waals surface area contributed by atoms with Crippen molar-refractivity contribution in [2.45, 2.75) is 13.5 Å². The Labute approximate surface area is 121 Å². The number of aromatic nitrogens is 2. The van der Waals surface area contributed by atoms with Crippen molar-refractivity contribution in [3.63, 3.8) is 0 Å². The highest BCUT2D eigenvalue weighted by molar-refractivity contribution is 7.18. The van der Waals surface area contributed by atoms with E-state index in [2.05, 4.69) is 10.3 Å². The average molecular weight is 294 g/mol. The van der Waals surface area contributed by atoms with Gasteiger partial charge < -0.3 is 10.2 Å². The summed E-state index contributed by atoms with van der Waals surface area (Å²) in [4.78, 5) is 31.9. The van der Waals surface area contributed by atoms with Crippen molar-refractivity contribution in [3.05, 3.63) is 27.6 Å². The topological polar surface area (TPSA) is 67.2 Å². The Morgan fingerprint density at radius 1 is 1.50 bits per heavy atom. The van der Waals surface area contributed by atoms with Gasteiger partial charge in [0.2, 0.25) is 5.91 Å². The number of hydrogen-bond acceptors (Lipinski definition) is 5. The minimum absolute atomic E-state index is 0.00406. The van der Waals surface area contributed by atoms with Crippen molar-refractivity contribution in [3.8, 4) is 0 Å². The molecular weight excluding hydrogens is 276 g/mol. The van der Waals surface area contributed by atoms with Crippen LogP contribution in [0.15, 0.2) is 17.2 Å². The molecule has 2 aromatic rings. The normalized spacial score (nSPS) is 11.2. The van der Waals surface area contributed by atoms with E-state index in [9.17, 15) is 9.59 Å². The lowest BCUT2D eigenvalue weighted by atomic mass is 10.3. The highest BCUT2D eigenvalue weighted by Crippen LogP contribution is 2.19. The molecule has 6 nitrogen and oxygen atoms in total. The van der Waals surface area contributed by atoms with E-state index in [1.807, 2.05) is 32.0 Å². The molecule has 0 unspecified atom stereocenters. The SMILES string of the molecule is Cc1cc2c(=O)n(CC(=O)NCCN(C)C)cnc2s1. The third-order valence-corrected chi connectivity index (χ3v) is 3.79. The summed E-state index contributed by atoms with van der Waals surface area (Å²) in [5, 5.41) is 3.36. The van der Waals surface area contributed by atoms with E-state index in [1.165, 1.54) is 22.2 Å². The quantitative estimate of drug-likeness (QED) is 0.869. The molecule has 20 heavy (non-hydrogen) atoms. The zero-order valence-electron chi connectivity index (χ0n) is 11.8. The van der Waals surface area contributed by atoms with Gasteiger partial charge in [-0.1, -0.05) is 0 Å². The predicted molar refractivity (Wildman–Crippen MR) is 80.2 cm³/mol. The number of fused-ring (bicyclic) bond motifs is 1. The minimum Gasteiger partial charge on any atom is -0.353 e. The van der Waals surface area contributed by atoms with Gasteiger partial charge in [-0.2, -0.15) is 0 Å². The van der Waals surface area contributed by atoms with Crippen LogP contribution in [-0.2, 0) is 11.3 Å². The molecule has 0 radical (unpaired) electrons. The van der Waals surface area contributed by atoms with Crippen molar-refractivity contribution in [2.24, 2.45) is 0 Å². The Balaban J connectivity index is 2.08. The zero-order valence-corrected chi connectivity index (χ0v) is 12.7. The van der Waals surface area contributed by atoms with E-state index in [-0.39, 0.29) is 18.0 Å². The summed E-state index contributed by atoms with van der Waals surface area (Å²) < 4.78 is 1.35. The van der Waals surface area contributed by atoms with E-state index >= 15 is 0 Å². The largest absolute Gasteiger partial charge is 0.353 e. The molecule has 0 fully saturated rings. The molecule has 2 rings (SSSR count). The molecule has 0 spiro atoms. The highest BCUT2D eigenvalue weighted by atomic mass is 32.1. The molecule has 0 atom stereocenters. The van der Waals surface area contributed by atoms with Crippen molar-refractivity contribution in [2.75, 3.05) is 27.2 Å². The first-order chi connectivity index (χ1) is 9.47. The summed E-state index contributed by atoms with van der Waals surface area (Å²) in [6, 6.07) is 1.82. The van der Waals surface area contributed by atoms with Crippen LogP contribution in [-0.4, -0.2) is 47.5 Å². The summed E-state index contributed by atoms with van der Waals surface area (Å²) in [5.74, 6) is -0.179. The number of rotatable bonds is 5. The number of hydrogen-bond donors (Lipinski definition) is 1. The summed E-state index contributed by atoms with van der Waals surface area (Å²) >= 11 is 1.48. The number of likely N-dealkylation sites (N-methyl/N-ethyl adjacent to an activating group) is 1. The fourth-order valence-electron chi connectivity index (χ4n) is 1.82. The average Bonchev–Trinajstić information content (AvgIpc) is 2.74. The predicted octanol–water partition coefficient (Wildman–Crippen LogP) is 0.444. The van der Waals surface area contributed by atoms with Crippen LogP contribution in [0.5, 0.6) is 0 Å². The van der Waals surface area contributed by atoms with Crippen LogP contribution >= 0.6 is 11.3 Å². The maximum absolute atomic E-state index is 12.2. The third kappa shape index (κ3) is 3.43. The highest BCUT2D eigenvalue weighted by Gasteiger charge is 2.09. The first-order valence-electron chi connectivity index (χ1n) is 6.34. The van der Waals surface area contributed by atoms with Crippen LogP contribution in [0.25, 0.3) is 10.2 Å². The molecule has 2 heterocycles. The maximum Gasteiger partial charge on any atom is 0.262 e. The van der Waals surface area contributed by atoms with Gasteiger partial charge in [-0.25, -0.2) is 4.98 Å². The Morgan fingerprint density at radius 2 is 2.25 bits per heavy atom. The van der Waals surface area contributed by atoms with Crippen LogP contribution in [0, 0.1) is 6.92 Å². The van der Waals surface area contributed by atoms with Gasteiger partial charge in [0.05, 0.1) is 11.7 Å². The molecular formula is C13H18N4O2S. The van der Waals surface area contributed by atoms with Gasteiger partial charge in [-0.3, -0.25) is 14.2 Å². The Morgan fingerprint density at radius 3 is 2.95 bits per heavy atom. The van der Waals surface area contributed by atoms with Gasteiger partial charge in [0.1, 0.15) is 11.4 Å². The molecule has 0 bridgehead atoms. The van der Waals surface area contributed by atoms with Gasteiger partial charge >= 0.3 is 0 Å².